The number of ether oxygens (including phenoxy) is 2. The Hall–Kier alpha value is -2.84. The van der Waals surface area contributed by atoms with E-state index in [1.54, 1.807) is 19.1 Å². The standard InChI is InChI=1S/C25H28BFO6/c1-6-29-22(28)13-17-9-7-8-10-21(17)30-14-16-11-18-20(27)15-31-23(18)19(12-16)26-32-24(2,3)25(4,5)33-26/h7-12,15H,6,13-14H2,1-5H3. The predicted molar refractivity (Wildman–Crippen MR) is 123 cm³/mol. The van der Waals surface area contributed by atoms with Crippen LogP contribution >= 0.6 is 0 Å². The number of para-hydroxylation sites is 1. The summed E-state index contributed by atoms with van der Waals surface area (Å²) in [6, 6.07) is 10.8. The average molecular weight is 454 g/mol. The highest BCUT2D eigenvalue weighted by Gasteiger charge is 2.52. The first kappa shape index (κ1) is 23.3. The van der Waals surface area contributed by atoms with Crippen LogP contribution in [-0.2, 0) is 31.9 Å². The summed E-state index contributed by atoms with van der Waals surface area (Å²) in [6.07, 6.45) is 1.19. The molecule has 0 spiro atoms. The van der Waals surface area contributed by atoms with Gasteiger partial charge in [0.1, 0.15) is 24.2 Å². The lowest BCUT2D eigenvalue weighted by molar-refractivity contribution is -0.142. The minimum Gasteiger partial charge on any atom is -0.489 e. The number of hydrogen-bond donors (Lipinski definition) is 0. The third kappa shape index (κ3) is 4.63. The van der Waals surface area contributed by atoms with Crippen LogP contribution in [0.15, 0.2) is 47.1 Å². The number of carbonyl (C=O) groups excluding carboxylic acids is 1. The van der Waals surface area contributed by atoms with Crippen molar-refractivity contribution in [2.75, 3.05) is 6.61 Å². The van der Waals surface area contributed by atoms with Gasteiger partial charge in [0.15, 0.2) is 5.82 Å². The molecule has 1 fully saturated rings. The van der Waals surface area contributed by atoms with Crippen LogP contribution in [-0.4, -0.2) is 30.9 Å². The van der Waals surface area contributed by atoms with Gasteiger partial charge in [-0.3, -0.25) is 4.79 Å². The summed E-state index contributed by atoms with van der Waals surface area (Å²) in [5.74, 6) is -0.221. The monoisotopic (exact) mass is 454 g/mol. The lowest BCUT2D eigenvalue weighted by atomic mass is 9.77. The molecule has 1 aliphatic rings. The molecule has 3 aromatic rings. The van der Waals surface area contributed by atoms with Gasteiger partial charge < -0.3 is 23.2 Å². The molecule has 0 aliphatic carbocycles. The van der Waals surface area contributed by atoms with E-state index in [1.165, 1.54) is 0 Å². The summed E-state index contributed by atoms with van der Waals surface area (Å²) < 4.78 is 43.4. The maximum Gasteiger partial charge on any atom is 0.498 e. The first-order valence-electron chi connectivity index (χ1n) is 11.0. The number of benzene rings is 2. The second-order valence-corrected chi connectivity index (χ2v) is 9.11. The van der Waals surface area contributed by atoms with Crippen LogP contribution in [0.2, 0.25) is 0 Å². The minimum absolute atomic E-state index is 0.110. The zero-order chi connectivity index (χ0) is 23.8. The largest absolute Gasteiger partial charge is 0.498 e. The van der Waals surface area contributed by atoms with Gasteiger partial charge in [-0.2, -0.15) is 0 Å². The van der Waals surface area contributed by atoms with Crippen molar-refractivity contribution >= 4 is 29.5 Å². The van der Waals surface area contributed by atoms with Crippen molar-refractivity contribution in [3.63, 3.8) is 0 Å². The van der Waals surface area contributed by atoms with E-state index < -0.39 is 24.1 Å². The molecule has 0 amide bonds. The highest BCUT2D eigenvalue weighted by molar-refractivity contribution is 6.64. The summed E-state index contributed by atoms with van der Waals surface area (Å²) in [5, 5.41) is 0.334. The summed E-state index contributed by atoms with van der Waals surface area (Å²) in [4.78, 5) is 11.9. The van der Waals surface area contributed by atoms with Gasteiger partial charge in [-0.1, -0.05) is 24.3 Å². The third-order valence-corrected chi connectivity index (χ3v) is 6.23. The second kappa shape index (κ2) is 8.84. The zero-order valence-electron chi connectivity index (χ0n) is 19.6. The van der Waals surface area contributed by atoms with Crippen LogP contribution in [0.3, 0.4) is 0 Å². The maximum atomic E-state index is 14.5. The molecule has 4 rings (SSSR count). The molecule has 0 radical (unpaired) electrons. The molecule has 0 saturated carbocycles. The number of furan rings is 1. The van der Waals surface area contributed by atoms with Gasteiger partial charge in [-0.15, -0.1) is 0 Å². The van der Waals surface area contributed by atoms with Crippen LogP contribution in [0.1, 0.15) is 45.7 Å². The molecule has 0 atom stereocenters. The maximum absolute atomic E-state index is 14.5. The summed E-state index contributed by atoms with van der Waals surface area (Å²) in [6.45, 7) is 10.1. The Labute approximate surface area is 193 Å². The Morgan fingerprint density at radius 2 is 1.79 bits per heavy atom. The van der Waals surface area contributed by atoms with E-state index in [0.29, 0.717) is 28.8 Å². The second-order valence-electron chi connectivity index (χ2n) is 9.11. The topological polar surface area (TPSA) is 67.1 Å². The van der Waals surface area contributed by atoms with E-state index in [1.807, 2.05) is 52.0 Å². The van der Waals surface area contributed by atoms with Crippen LogP contribution in [0.25, 0.3) is 11.0 Å². The van der Waals surface area contributed by atoms with Gasteiger partial charge >= 0.3 is 13.1 Å². The van der Waals surface area contributed by atoms with E-state index in [0.717, 1.165) is 17.4 Å². The van der Waals surface area contributed by atoms with Gasteiger partial charge in [0, 0.05) is 11.0 Å². The van der Waals surface area contributed by atoms with E-state index >= 15 is 0 Å². The number of rotatable bonds is 7. The molecule has 0 unspecified atom stereocenters. The van der Waals surface area contributed by atoms with E-state index in [-0.39, 0.29) is 19.0 Å². The fourth-order valence-electron chi connectivity index (χ4n) is 3.74. The lowest BCUT2D eigenvalue weighted by Gasteiger charge is -2.32. The van der Waals surface area contributed by atoms with Crippen LogP contribution in [0.4, 0.5) is 4.39 Å². The fourth-order valence-corrected chi connectivity index (χ4v) is 3.74. The lowest BCUT2D eigenvalue weighted by Crippen LogP contribution is -2.41. The SMILES string of the molecule is CCOC(=O)Cc1ccccc1OCc1cc(B2OC(C)(C)C(C)(C)O2)c2occ(F)c2c1. The van der Waals surface area contributed by atoms with Crippen molar-refractivity contribution in [2.24, 2.45) is 0 Å². The summed E-state index contributed by atoms with van der Waals surface area (Å²) in [7, 11) is -0.709. The van der Waals surface area contributed by atoms with Gasteiger partial charge in [0.05, 0.1) is 29.6 Å². The molecule has 1 aliphatic heterocycles. The summed E-state index contributed by atoms with van der Waals surface area (Å²) in [5.41, 5.74) is 1.34. The summed E-state index contributed by atoms with van der Waals surface area (Å²) >= 11 is 0. The third-order valence-electron chi connectivity index (χ3n) is 6.23. The van der Waals surface area contributed by atoms with Crippen LogP contribution in [0, 0.1) is 5.82 Å². The molecule has 8 heteroatoms. The van der Waals surface area contributed by atoms with Crippen molar-refractivity contribution in [2.45, 2.75) is 58.8 Å². The van der Waals surface area contributed by atoms with Crippen molar-refractivity contribution in [1.29, 1.82) is 0 Å². The Bertz CT molecular complexity index is 1150. The van der Waals surface area contributed by atoms with Gasteiger partial charge in [-0.05, 0) is 52.3 Å². The molecule has 1 aromatic heterocycles. The van der Waals surface area contributed by atoms with Gasteiger partial charge in [-0.25, -0.2) is 4.39 Å². The number of carbonyl (C=O) groups is 1. The van der Waals surface area contributed by atoms with Gasteiger partial charge in [0.2, 0.25) is 0 Å². The van der Waals surface area contributed by atoms with Crippen LogP contribution < -0.4 is 10.2 Å². The quantitative estimate of drug-likeness (QED) is 0.385. The number of halogens is 1. The molecule has 6 nitrogen and oxygen atoms in total. The van der Waals surface area contributed by atoms with Gasteiger partial charge in [0.25, 0.3) is 0 Å². The fraction of sp³-hybridized carbons (Fsp3) is 0.400. The van der Waals surface area contributed by atoms with E-state index in [2.05, 4.69) is 0 Å². The molecular weight excluding hydrogens is 426 g/mol. The zero-order valence-corrected chi connectivity index (χ0v) is 19.6. The molecule has 33 heavy (non-hydrogen) atoms. The van der Waals surface area contributed by atoms with E-state index in [4.69, 9.17) is 23.2 Å². The normalized spacial score (nSPS) is 16.8. The highest BCUT2D eigenvalue weighted by Crippen LogP contribution is 2.37. The van der Waals surface area contributed by atoms with Crippen LogP contribution in [0.5, 0.6) is 5.75 Å². The smallest absolute Gasteiger partial charge is 0.489 e. The number of esters is 1. The molecule has 2 aromatic carbocycles. The minimum atomic E-state index is -0.709. The Balaban J connectivity index is 1.62. The Morgan fingerprint density at radius 1 is 1.09 bits per heavy atom. The van der Waals surface area contributed by atoms with Crippen molar-refractivity contribution in [1.82, 2.24) is 0 Å². The first-order chi connectivity index (χ1) is 15.6. The molecule has 174 valence electrons. The molecule has 0 N–H and O–H groups in total. The van der Waals surface area contributed by atoms with Crippen molar-refractivity contribution in [3.8, 4) is 5.75 Å². The van der Waals surface area contributed by atoms with Crippen molar-refractivity contribution < 1.29 is 32.4 Å². The van der Waals surface area contributed by atoms with Crippen molar-refractivity contribution in [3.05, 3.63) is 59.6 Å². The first-order valence-corrected chi connectivity index (χ1v) is 11.0. The Morgan fingerprint density at radius 3 is 2.48 bits per heavy atom. The average Bonchev–Trinajstić information content (AvgIpc) is 3.22. The van der Waals surface area contributed by atoms with E-state index in [9.17, 15) is 9.18 Å². The molecule has 2 heterocycles. The molecule has 1 saturated heterocycles. The number of hydrogen-bond acceptors (Lipinski definition) is 6. The number of fused-ring (bicyclic) bond motifs is 1. The predicted octanol–water partition coefficient (Wildman–Crippen LogP) is 4.56. The Kier molecular flexibility index (Phi) is 6.25. The highest BCUT2D eigenvalue weighted by atomic mass is 19.1. The molecule has 0 bridgehead atoms. The molecular formula is C25H28BFO6.